The molecule has 0 aliphatic heterocycles. The molecule has 0 fully saturated rings. The Morgan fingerprint density at radius 3 is 2.53 bits per heavy atom. The molecule has 0 saturated carbocycles. The first kappa shape index (κ1) is 16.4. The summed E-state index contributed by atoms with van der Waals surface area (Å²) in [4.78, 5) is 11.1. The lowest BCUT2D eigenvalue weighted by Crippen LogP contribution is -2.49. The lowest BCUT2D eigenvalue weighted by atomic mass is 9.96. The van der Waals surface area contributed by atoms with Gasteiger partial charge in [0, 0.05) is 13.2 Å². The molecule has 0 spiro atoms. The molecule has 2 N–H and O–H groups in total. The van der Waals surface area contributed by atoms with Crippen molar-refractivity contribution in [3.63, 3.8) is 0 Å². The Balaban J connectivity index is 3.73. The Labute approximate surface area is 105 Å². The molecular formula is C13H27NO3. The highest BCUT2D eigenvalue weighted by atomic mass is 16.5. The Kier molecular flexibility index (Phi) is 8.17. The van der Waals surface area contributed by atoms with Crippen LogP contribution in [0.25, 0.3) is 0 Å². The standard InChI is InChI=1S/C13H27NO3/c1-5-14-13(4,12(15)16)8-6-9-17-10-7-11(2)3/h11,14H,5-10H2,1-4H3,(H,15,16). The molecule has 0 radical (unpaired) electrons. The molecule has 1 unspecified atom stereocenters. The van der Waals surface area contributed by atoms with Crippen LogP contribution < -0.4 is 5.32 Å². The number of carbonyl (C=O) groups is 1. The van der Waals surface area contributed by atoms with E-state index in [4.69, 9.17) is 9.84 Å². The van der Waals surface area contributed by atoms with Crippen molar-refractivity contribution in [1.29, 1.82) is 0 Å². The van der Waals surface area contributed by atoms with Crippen LogP contribution in [0.3, 0.4) is 0 Å². The van der Waals surface area contributed by atoms with Gasteiger partial charge in [-0.2, -0.15) is 0 Å². The van der Waals surface area contributed by atoms with Crippen LogP contribution in [-0.2, 0) is 9.53 Å². The maximum absolute atomic E-state index is 11.1. The quantitative estimate of drug-likeness (QED) is 0.580. The molecule has 0 heterocycles. The van der Waals surface area contributed by atoms with Crippen molar-refractivity contribution in [3.05, 3.63) is 0 Å². The minimum atomic E-state index is -0.823. The highest BCUT2D eigenvalue weighted by Crippen LogP contribution is 2.12. The van der Waals surface area contributed by atoms with Crippen molar-refractivity contribution >= 4 is 5.97 Å². The second kappa shape index (κ2) is 8.48. The van der Waals surface area contributed by atoms with Crippen LogP contribution in [0.15, 0.2) is 0 Å². The third kappa shape index (κ3) is 7.34. The van der Waals surface area contributed by atoms with E-state index < -0.39 is 11.5 Å². The van der Waals surface area contributed by atoms with Crippen LogP contribution in [0.5, 0.6) is 0 Å². The fourth-order valence-electron chi connectivity index (χ4n) is 1.61. The minimum Gasteiger partial charge on any atom is -0.480 e. The van der Waals surface area contributed by atoms with Gasteiger partial charge in [0.2, 0.25) is 0 Å². The van der Waals surface area contributed by atoms with Crippen molar-refractivity contribution in [2.75, 3.05) is 19.8 Å². The third-order valence-electron chi connectivity index (χ3n) is 2.84. The van der Waals surface area contributed by atoms with Gasteiger partial charge in [-0.05, 0) is 38.6 Å². The van der Waals surface area contributed by atoms with Gasteiger partial charge >= 0.3 is 5.97 Å². The third-order valence-corrected chi connectivity index (χ3v) is 2.84. The maximum atomic E-state index is 11.1. The van der Waals surface area contributed by atoms with E-state index in [2.05, 4.69) is 19.2 Å². The van der Waals surface area contributed by atoms with Crippen LogP contribution in [0.1, 0.15) is 47.0 Å². The van der Waals surface area contributed by atoms with Gasteiger partial charge in [0.15, 0.2) is 0 Å². The van der Waals surface area contributed by atoms with Gasteiger partial charge in [-0.25, -0.2) is 0 Å². The zero-order valence-corrected chi connectivity index (χ0v) is 11.6. The Bertz CT molecular complexity index is 219. The number of rotatable bonds is 10. The molecule has 0 bridgehead atoms. The molecule has 17 heavy (non-hydrogen) atoms. The summed E-state index contributed by atoms with van der Waals surface area (Å²) in [5.74, 6) is -0.137. The van der Waals surface area contributed by atoms with E-state index in [9.17, 15) is 4.79 Å². The van der Waals surface area contributed by atoms with Crippen LogP contribution in [0.4, 0.5) is 0 Å². The highest BCUT2D eigenvalue weighted by Gasteiger charge is 2.30. The summed E-state index contributed by atoms with van der Waals surface area (Å²) in [7, 11) is 0. The lowest BCUT2D eigenvalue weighted by molar-refractivity contribution is -0.144. The zero-order valence-electron chi connectivity index (χ0n) is 11.6. The van der Waals surface area contributed by atoms with Gasteiger partial charge in [-0.3, -0.25) is 4.79 Å². The molecule has 0 saturated heterocycles. The highest BCUT2D eigenvalue weighted by molar-refractivity contribution is 5.78. The van der Waals surface area contributed by atoms with Gasteiger partial charge < -0.3 is 15.2 Å². The molecule has 0 aromatic carbocycles. The molecule has 0 aromatic rings. The lowest BCUT2D eigenvalue weighted by Gasteiger charge is -2.25. The van der Waals surface area contributed by atoms with E-state index in [1.165, 1.54) is 0 Å². The van der Waals surface area contributed by atoms with Crippen LogP contribution >= 0.6 is 0 Å². The fraction of sp³-hybridized carbons (Fsp3) is 0.923. The summed E-state index contributed by atoms with van der Waals surface area (Å²) >= 11 is 0. The number of carboxylic acid groups (broad SMARTS) is 1. The monoisotopic (exact) mass is 245 g/mol. The molecule has 102 valence electrons. The first-order valence-corrected chi connectivity index (χ1v) is 6.48. The van der Waals surface area contributed by atoms with E-state index in [0.717, 1.165) is 19.4 Å². The van der Waals surface area contributed by atoms with Crippen molar-refractivity contribution in [2.45, 2.75) is 52.5 Å². The smallest absolute Gasteiger partial charge is 0.323 e. The first-order chi connectivity index (χ1) is 7.92. The average Bonchev–Trinajstić information content (AvgIpc) is 2.23. The number of nitrogens with one attached hydrogen (secondary N) is 1. The van der Waals surface area contributed by atoms with Crippen molar-refractivity contribution in [1.82, 2.24) is 5.32 Å². The summed E-state index contributed by atoms with van der Waals surface area (Å²) in [6, 6.07) is 0. The molecule has 4 heteroatoms. The average molecular weight is 245 g/mol. The summed E-state index contributed by atoms with van der Waals surface area (Å²) in [6.07, 6.45) is 2.43. The van der Waals surface area contributed by atoms with Crippen LogP contribution in [-0.4, -0.2) is 36.4 Å². The fourth-order valence-corrected chi connectivity index (χ4v) is 1.61. The maximum Gasteiger partial charge on any atom is 0.323 e. The number of carboxylic acids is 1. The minimum absolute atomic E-state index is 0.595. The van der Waals surface area contributed by atoms with E-state index in [1.807, 2.05) is 6.92 Å². The van der Waals surface area contributed by atoms with Crippen LogP contribution in [0, 0.1) is 5.92 Å². The molecule has 1 atom stereocenters. The molecule has 0 aliphatic carbocycles. The van der Waals surface area contributed by atoms with E-state index in [0.29, 0.717) is 25.5 Å². The van der Waals surface area contributed by atoms with Gasteiger partial charge in [-0.15, -0.1) is 0 Å². The predicted molar refractivity (Wildman–Crippen MR) is 69.2 cm³/mol. The van der Waals surface area contributed by atoms with Gasteiger partial charge in [0.1, 0.15) is 5.54 Å². The Hall–Kier alpha value is -0.610. The number of ether oxygens (including phenoxy) is 1. The molecular weight excluding hydrogens is 218 g/mol. The summed E-state index contributed by atoms with van der Waals surface area (Å²) in [6.45, 7) is 10.0. The second-order valence-corrected chi connectivity index (χ2v) is 5.07. The van der Waals surface area contributed by atoms with E-state index in [1.54, 1.807) is 6.92 Å². The Morgan fingerprint density at radius 2 is 2.06 bits per heavy atom. The van der Waals surface area contributed by atoms with Crippen molar-refractivity contribution in [3.8, 4) is 0 Å². The summed E-state index contributed by atoms with van der Waals surface area (Å²) < 4.78 is 5.48. The van der Waals surface area contributed by atoms with Gasteiger partial charge in [0.25, 0.3) is 0 Å². The van der Waals surface area contributed by atoms with Crippen molar-refractivity contribution in [2.24, 2.45) is 5.92 Å². The predicted octanol–water partition coefficient (Wildman–Crippen LogP) is 2.28. The van der Waals surface area contributed by atoms with E-state index in [-0.39, 0.29) is 0 Å². The van der Waals surface area contributed by atoms with Gasteiger partial charge in [-0.1, -0.05) is 20.8 Å². The number of hydrogen-bond donors (Lipinski definition) is 2. The Morgan fingerprint density at radius 1 is 1.41 bits per heavy atom. The van der Waals surface area contributed by atoms with E-state index >= 15 is 0 Å². The molecule has 0 amide bonds. The second-order valence-electron chi connectivity index (χ2n) is 5.07. The summed E-state index contributed by atoms with van der Waals surface area (Å²) in [5.41, 5.74) is -0.823. The molecule has 0 rings (SSSR count). The molecule has 4 nitrogen and oxygen atoms in total. The molecule has 0 aliphatic rings. The number of hydrogen-bond acceptors (Lipinski definition) is 3. The van der Waals surface area contributed by atoms with Crippen molar-refractivity contribution < 1.29 is 14.6 Å². The topological polar surface area (TPSA) is 58.6 Å². The molecule has 0 aromatic heterocycles. The van der Waals surface area contributed by atoms with Crippen LogP contribution in [0.2, 0.25) is 0 Å². The zero-order chi connectivity index (χ0) is 13.3. The first-order valence-electron chi connectivity index (χ1n) is 6.48. The summed E-state index contributed by atoms with van der Waals surface area (Å²) in [5, 5.41) is 12.1. The largest absolute Gasteiger partial charge is 0.480 e. The number of aliphatic carboxylic acids is 1. The number of likely N-dealkylation sites (N-methyl/N-ethyl adjacent to an activating group) is 1. The SMILES string of the molecule is CCNC(C)(CCCOCCC(C)C)C(=O)O. The van der Waals surface area contributed by atoms with Gasteiger partial charge in [0.05, 0.1) is 0 Å². The normalized spacial score (nSPS) is 14.9.